The van der Waals surface area contributed by atoms with E-state index in [1.165, 1.54) is 0 Å². The second-order valence-electron chi connectivity index (χ2n) is 6.58. The van der Waals surface area contributed by atoms with E-state index in [0.29, 0.717) is 17.0 Å². The van der Waals surface area contributed by atoms with Crippen LogP contribution in [0, 0.1) is 0 Å². The Kier molecular flexibility index (Phi) is 5.44. The van der Waals surface area contributed by atoms with E-state index in [0.717, 1.165) is 16.1 Å². The molecular weight excluding hydrogens is 382 g/mol. The van der Waals surface area contributed by atoms with Gasteiger partial charge in [-0.3, -0.25) is 4.79 Å². The van der Waals surface area contributed by atoms with Crippen LogP contribution in [-0.2, 0) is 0 Å². The van der Waals surface area contributed by atoms with Crippen molar-refractivity contribution in [2.24, 2.45) is 0 Å². The van der Waals surface area contributed by atoms with Gasteiger partial charge in [0.05, 0.1) is 24.4 Å². The Balaban J connectivity index is 1.77. The molecule has 0 fully saturated rings. The van der Waals surface area contributed by atoms with Crippen molar-refractivity contribution in [3.05, 3.63) is 88.7 Å². The number of thiophene rings is 1. The highest BCUT2D eigenvalue weighted by Crippen LogP contribution is 2.32. The predicted octanol–water partition coefficient (Wildman–Crippen LogP) is 5.10. The number of amides is 1. The average molecular weight is 404 g/mol. The van der Waals surface area contributed by atoms with Crippen molar-refractivity contribution >= 4 is 17.2 Å². The standard InChI is InChI=1S/C23H21N3O2S/c1-16(21-13-8-14-29-21)24-23(27)19-15-26(17-9-4-3-5-10-17)25-22(19)18-11-6-7-12-20(18)28-2/h3-16H,1-2H3,(H,24,27). The predicted molar refractivity (Wildman–Crippen MR) is 116 cm³/mol. The maximum atomic E-state index is 13.2. The summed E-state index contributed by atoms with van der Waals surface area (Å²) in [5, 5.41) is 9.82. The normalized spacial score (nSPS) is 11.8. The second kappa shape index (κ2) is 8.32. The van der Waals surface area contributed by atoms with Crippen LogP contribution in [0.5, 0.6) is 5.75 Å². The zero-order valence-electron chi connectivity index (χ0n) is 16.2. The molecule has 0 aliphatic carbocycles. The summed E-state index contributed by atoms with van der Waals surface area (Å²) >= 11 is 1.62. The number of nitrogens with one attached hydrogen (secondary N) is 1. The number of hydrogen-bond donors (Lipinski definition) is 1. The lowest BCUT2D eigenvalue weighted by molar-refractivity contribution is 0.0941. The van der Waals surface area contributed by atoms with Crippen LogP contribution in [0.15, 0.2) is 78.3 Å². The van der Waals surface area contributed by atoms with Gasteiger partial charge in [0.15, 0.2) is 0 Å². The Morgan fingerprint density at radius 1 is 1.07 bits per heavy atom. The molecular formula is C23H21N3O2S. The second-order valence-corrected chi connectivity index (χ2v) is 7.56. The van der Waals surface area contributed by atoms with E-state index < -0.39 is 0 Å². The Hall–Kier alpha value is -3.38. The summed E-state index contributed by atoms with van der Waals surface area (Å²) in [6, 6.07) is 21.2. The number of carbonyl (C=O) groups is 1. The molecule has 1 unspecified atom stereocenters. The van der Waals surface area contributed by atoms with E-state index >= 15 is 0 Å². The van der Waals surface area contributed by atoms with Gasteiger partial charge in [-0.2, -0.15) is 5.10 Å². The molecule has 0 bridgehead atoms. The SMILES string of the molecule is COc1ccccc1-c1nn(-c2ccccc2)cc1C(=O)NC(C)c1cccs1. The molecule has 0 saturated carbocycles. The van der Waals surface area contributed by atoms with E-state index in [2.05, 4.69) is 5.32 Å². The third-order valence-corrected chi connectivity index (χ3v) is 5.71. The average Bonchev–Trinajstić information content (AvgIpc) is 3.45. The summed E-state index contributed by atoms with van der Waals surface area (Å²) in [5.41, 5.74) is 2.75. The zero-order valence-corrected chi connectivity index (χ0v) is 17.0. The molecule has 2 aromatic carbocycles. The van der Waals surface area contributed by atoms with Crippen molar-refractivity contribution in [1.82, 2.24) is 15.1 Å². The molecule has 0 spiro atoms. The van der Waals surface area contributed by atoms with Crippen LogP contribution in [0.25, 0.3) is 16.9 Å². The third-order valence-electron chi connectivity index (χ3n) is 4.66. The summed E-state index contributed by atoms with van der Waals surface area (Å²) in [6.07, 6.45) is 1.77. The van der Waals surface area contributed by atoms with E-state index in [1.54, 1.807) is 29.3 Å². The van der Waals surface area contributed by atoms with E-state index in [9.17, 15) is 4.79 Å². The van der Waals surface area contributed by atoms with Gasteiger partial charge < -0.3 is 10.1 Å². The lowest BCUT2D eigenvalue weighted by Crippen LogP contribution is -2.26. The van der Waals surface area contributed by atoms with Crippen molar-refractivity contribution in [3.8, 4) is 22.7 Å². The monoisotopic (exact) mass is 403 g/mol. The number of ether oxygens (including phenoxy) is 1. The number of para-hydroxylation sites is 2. The van der Waals surface area contributed by atoms with E-state index in [4.69, 9.17) is 9.84 Å². The lowest BCUT2D eigenvalue weighted by atomic mass is 10.1. The topological polar surface area (TPSA) is 56.2 Å². The Morgan fingerprint density at radius 2 is 1.83 bits per heavy atom. The summed E-state index contributed by atoms with van der Waals surface area (Å²) in [5.74, 6) is 0.500. The first kappa shape index (κ1) is 19.0. The largest absolute Gasteiger partial charge is 0.496 e. The highest BCUT2D eigenvalue weighted by molar-refractivity contribution is 7.10. The number of methoxy groups -OCH3 is 1. The quantitative estimate of drug-likeness (QED) is 0.487. The molecule has 0 aliphatic heterocycles. The number of rotatable bonds is 6. The van der Waals surface area contributed by atoms with Gasteiger partial charge in [-0.1, -0.05) is 36.4 Å². The van der Waals surface area contributed by atoms with Gasteiger partial charge in [-0.15, -0.1) is 11.3 Å². The van der Waals surface area contributed by atoms with E-state index in [-0.39, 0.29) is 11.9 Å². The first-order valence-corrected chi connectivity index (χ1v) is 10.2. The van der Waals surface area contributed by atoms with Crippen LogP contribution in [0.4, 0.5) is 0 Å². The van der Waals surface area contributed by atoms with Crippen LogP contribution in [-0.4, -0.2) is 22.8 Å². The van der Waals surface area contributed by atoms with Gasteiger partial charge >= 0.3 is 0 Å². The smallest absolute Gasteiger partial charge is 0.255 e. The van der Waals surface area contributed by atoms with Crippen LogP contribution >= 0.6 is 11.3 Å². The first-order valence-electron chi connectivity index (χ1n) is 9.30. The van der Waals surface area contributed by atoms with Crippen molar-refractivity contribution in [2.45, 2.75) is 13.0 Å². The minimum Gasteiger partial charge on any atom is -0.496 e. The molecule has 5 nitrogen and oxygen atoms in total. The third kappa shape index (κ3) is 3.93. The Labute approximate surface area is 173 Å². The minimum absolute atomic E-state index is 0.0897. The molecule has 0 radical (unpaired) electrons. The fourth-order valence-electron chi connectivity index (χ4n) is 3.18. The summed E-state index contributed by atoms with van der Waals surface area (Å²) in [4.78, 5) is 14.3. The number of hydrogen-bond acceptors (Lipinski definition) is 4. The summed E-state index contributed by atoms with van der Waals surface area (Å²) in [7, 11) is 1.62. The first-order chi connectivity index (χ1) is 14.2. The van der Waals surface area contributed by atoms with Gasteiger partial charge in [0.2, 0.25) is 0 Å². The maximum Gasteiger partial charge on any atom is 0.255 e. The Bertz CT molecular complexity index is 1100. The Morgan fingerprint density at radius 3 is 2.55 bits per heavy atom. The minimum atomic E-state index is -0.172. The molecule has 6 heteroatoms. The molecule has 2 heterocycles. The van der Waals surface area contributed by atoms with Crippen LogP contribution < -0.4 is 10.1 Å². The fraction of sp³-hybridized carbons (Fsp3) is 0.130. The van der Waals surface area contributed by atoms with Gasteiger partial charge in [0.25, 0.3) is 5.91 Å². The maximum absolute atomic E-state index is 13.2. The highest BCUT2D eigenvalue weighted by Gasteiger charge is 2.22. The van der Waals surface area contributed by atoms with Crippen LogP contribution in [0.3, 0.4) is 0 Å². The molecule has 1 N–H and O–H groups in total. The molecule has 0 saturated heterocycles. The summed E-state index contributed by atoms with van der Waals surface area (Å²) in [6.45, 7) is 1.98. The lowest BCUT2D eigenvalue weighted by Gasteiger charge is -2.12. The molecule has 2 aromatic heterocycles. The van der Waals surface area contributed by atoms with Gasteiger partial charge in [0, 0.05) is 16.6 Å². The van der Waals surface area contributed by atoms with Gasteiger partial charge in [-0.05, 0) is 42.6 Å². The van der Waals surface area contributed by atoms with Crippen LogP contribution in [0.1, 0.15) is 28.2 Å². The zero-order chi connectivity index (χ0) is 20.2. The van der Waals surface area contributed by atoms with Crippen molar-refractivity contribution in [3.63, 3.8) is 0 Å². The van der Waals surface area contributed by atoms with Crippen molar-refractivity contribution in [1.29, 1.82) is 0 Å². The molecule has 4 rings (SSSR count). The van der Waals surface area contributed by atoms with Crippen molar-refractivity contribution in [2.75, 3.05) is 7.11 Å². The van der Waals surface area contributed by atoms with Gasteiger partial charge in [0.1, 0.15) is 11.4 Å². The molecule has 146 valence electrons. The summed E-state index contributed by atoms with van der Waals surface area (Å²) < 4.78 is 7.24. The molecule has 0 aliphatic rings. The van der Waals surface area contributed by atoms with E-state index in [1.807, 2.05) is 79.0 Å². The number of aromatic nitrogens is 2. The number of nitrogens with zero attached hydrogens (tertiary/aromatic N) is 2. The molecule has 29 heavy (non-hydrogen) atoms. The van der Waals surface area contributed by atoms with Crippen molar-refractivity contribution < 1.29 is 9.53 Å². The van der Waals surface area contributed by atoms with Gasteiger partial charge in [-0.25, -0.2) is 4.68 Å². The number of carbonyl (C=O) groups excluding carboxylic acids is 1. The van der Waals surface area contributed by atoms with Crippen LogP contribution in [0.2, 0.25) is 0 Å². The molecule has 1 atom stereocenters. The number of benzene rings is 2. The molecule has 1 amide bonds. The highest BCUT2D eigenvalue weighted by atomic mass is 32.1. The fourth-order valence-corrected chi connectivity index (χ4v) is 3.91. The molecule has 4 aromatic rings.